The van der Waals surface area contributed by atoms with E-state index in [0.29, 0.717) is 24.0 Å². The van der Waals surface area contributed by atoms with Gasteiger partial charge in [-0.3, -0.25) is 0 Å². The molecule has 0 bridgehead atoms. The maximum Gasteiger partial charge on any atom is 0.166 e. The van der Waals surface area contributed by atoms with Crippen LogP contribution in [0.2, 0.25) is 0 Å². The monoisotopic (exact) mass is 293 g/mol. The van der Waals surface area contributed by atoms with Crippen molar-refractivity contribution in [1.82, 2.24) is 0 Å². The van der Waals surface area contributed by atoms with Crippen LogP contribution in [0.1, 0.15) is 44.3 Å². The Balaban J connectivity index is 2.36. The summed E-state index contributed by atoms with van der Waals surface area (Å²) < 4.78 is 10.8. The van der Waals surface area contributed by atoms with Crippen LogP contribution in [0.25, 0.3) is 0 Å². The van der Waals surface area contributed by atoms with Crippen molar-refractivity contribution in [3.63, 3.8) is 0 Å². The quantitative estimate of drug-likeness (QED) is 0.876. The van der Waals surface area contributed by atoms with E-state index in [9.17, 15) is 5.11 Å². The van der Waals surface area contributed by atoms with Gasteiger partial charge in [0.05, 0.1) is 20.3 Å². The lowest BCUT2D eigenvalue weighted by molar-refractivity contribution is -0.00962. The molecule has 1 aliphatic carbocycles. The third-order valence-electron chi connectivity index (χ3n) is 4.98. The Kier molecular flexibility index (Phi) is 5.12. The predicted octanol–water partition coefficient (Wildman–Crippen LogP) is 2.89. The molecule has 4 nitrogen and oxygen atoms in total. The zero-order chi connectivity index (χ0) is 15.5. The smallest absolute Gasteiger partial charge is 0.166 e. The number of aliphatic hydroxyl groups is 1. The zero-order valence-electron chi connectivity index (χ0n) is 13.3. The van der Waals surface area contributed by atoms with E-state index in [1.54, 1.807) is 14.2 Å². The molecule has 1 aromatic carbocycles. The van der Waals surface area contributed by atoms with E-state index >= 15 is 0 Å². The van der Waals surface area contributed by atoms with Gasteiger partial charge in [-0.15, -0.1) is 0 Å². The van der Waals surface area contributed by atoms with Crippen molar-refractivity contribution in [2.45, 2.75) is 38.7 Å². The standard InChI is InChI=1S/C17H27NO3/c1-12-7-9-17(11-18,10-8-12)16(19)13-5-4-6-14(20-2)15(13)21-3/h4-6,12,16,19H,7-11,18H2,1-3H3. The number of benzene rings is 1. The van der Waals surface area contributed by atoms with E-state index in [4.69, 9.17) is 15.2 Å². The molecular formula is C17H27NO3. The van der Waals surface area contributed by atoms with Crippen molar-refractivity contribution < 1.29 is 14.6 Å². The number of para-hydroxylation sites is 1. The molecule has 2 rings (SSSR count). The molecule has 1 atom stereocenters. The molecule has 21 heavy (non-hydrogen) atoms. The maximum absolute atomic E-state index is 11.0. The molecule has 0 radical (unpaired) electrons. The number of rotatable bonds is 5. The minimum absolute atomic E-state index is 0.258. The fraction of sp³-hybridized carbons (Fsp3) is 0.647. The first-order chi connectivity index (χ1) is 10.1. The molecule has 1 aromatic rings. The molecule has 1 aliphatic rings. The van der Waals surface area contributed by atoms with Gasteiger partial charge in [-0.2, -0.15) is 0 Å². The number of aliphatic hydroxyl groups excluding tert-OH is 1. The predicted molar refractivity (Wildman–Crippen MR) is 83.6 cm³/mol. The highest BCUT2D eigenvalue weighted by Gasteiger charge is 2.41. The van der Waals surface area contributed by atoms with Gasteiger partial charge in [0, 0.05) is 17.5 Å². The van der Waals surface area contributed by atoms with Gasteiger partial charge in [0.2, 0.25) is 0 Å². The summed E-state index contributed by atoms with van der Waals surface area (Å²) in [6, 6.07) is 5.63. The number of hydrogen-bond donors (Lipinski definition) is 2. The van der Waals surface area contributed by atoms with Crippen LogP contribution in [0.15, 0.2) is 18.2 Å². The van der Waals surface area contributed by atoms with Crippen molar-refractivity contribution in [1.29, 1.82) is 0 Å². The van der Waals surface area contributed by atoms with E-state index in [2.05, 4.69) is 6.92 Å². The first-order valence-electron chi connectivity index (χ1n) is 7.67. The van der Waals surface area contributed by atoms with Crippen LogP contribution in [0, 0.1) is 11.3 Å². The fourth-order valence-corrected chi connectivity index (χ4v) is 3.38. The van der Waals surface area contributed by atoms with Crippen LogP contribution in [0.5, 0.6) is 11.5 Å². The summed E-state index contributed by atoms with van der Waals surface area (Å²) in [6.07, 6.45) is 3.50. The van der Waals surface area contributed by atoms with Crippen LogP contribution in [0.4, 0.5) is 0 Å². The van der Waals surface area contributed by atoms with E-state index in [0.717, 1.165) is 31.2 Å². The van der Waals surface area contributed by atoms with E-state index in [1.165, 1.54) is 0 Å². The molecule has 4 heteroatoms. The lowest BCUT2D eigenvalue weighted by atomic mass is 9.66. The normalized spacial score (nSPS) is 27.2. The summed E-state index contributed by atoms with van der Waals surface area (Å²) in [5.41, 5.74) is 6.57. The minimum atomic E-state index is -0.625. The van der Waals surface area contributed by atoms with Gasteiger partial charge >= 0.3 is 0 Å². The van der Waals surface area contributed by atoms with Crippen molar-refractivity contribution in [3.05, 3.63) is 23.8 Å². The second-order valence-electron chi connectivity index (χ2n) is 6.23. The van der Waals surface area contributed by atoms with Gasteiger partial charge < -0.3 is 20.3 Å². The number of nitrogens with two attached hydrogens (primary N) is 1. The number of ether oxygens (including phenoxy) is 2. The summed E-state index contributed by atoms with van der Waals surface area (Å²) in [5, 5.41) is 11.0. The van der Waals surface area contributed by atoms with E-state index in [1.807, 2.05) is 18.2 Å². The first-order valence-corrected chi connectivity index (χ1v) is 7.67. The van der Waals surface area contributed by atoms with Crippen molar-refractivity contribution in [3.8, 4) is 11.5 Å². The number of hydrogen-bond acceptors (Lipinski definition) is 4. The second-order valence-corrected chi connectivity index (χ2v) is 6.23. The molecule has 1 unspecified atom stereocenters. The molecule has 0 saturated heterocycles. The molecule has 3 N–H and O–H groups in total. The van der Waals surface area contributed by atoms with Crippen LogP contribution in [-0.2, 0) is 0 Å². The topological polar surface area (TPSA) is 64.7 Å². The highest BCUT2D eigenvalue weighted by Crippen LogP contribution is 2.49. The van der Waals surface area contributed by atoms with E-state index in [-0.39, 0.29) is 5.41 Å². The Bertz CT molecular complexity index is 467. The summed E-state index contributed by atoms with van der Waals surface area (Å²) >= 11 is 0. The third kappa shape index (κ3) is 3.01. The number of methoxy groups -OCH3 is 2. The summed E-state index contributed by atoms with van der Waals surface area (Å²) in [5.74, 6) is 1.97. The van der Waals surface area contributed by atoms with Crippen LogP contribution < -0.4 is 15.2 Å². The Morgan fingerprint density at radius 1 is 1.29 bits per heavy atom. The molecular weight excluding hydrogens is 266 g/mol. The molecule has 0 heterocycles. The Morgan fingerprint density at radius 3 is 2.48 bits per heavy atom. The molecule has 1 saturated carbocycles. The van der Waals surface area contributed by atoms with Gasteiger partial charge in [0.1, 0.15) is 0 Å². The van der Waals surface area contributed by atoms with Gasteiger partial charge in [-0.25, -0.2) is 0 Å². The molecule has 1 fully saturated rings. The summed E-state index contributed by atoms with van der Waals surface area (Å²) in [6.45, 7) is 2.75. The average molecular weight is 293 g/mol. The van der Waals surface area contributed by atoms with Gasteiger partial charge in [-0.05, 0) is 24.8 Å². The second kappa shape index (κ2) is 6.67. The Hall–Kier alpha value is -1.26. The zero-order valence-corrected chi connectivity index (χ0v) is 13.3. The molecule has 0 aromatic heterocycles. The SMILES string of the molecule is COc1cccc(C(O)C2(CN)CCC(C)CC2)c1OC. The van der Waals surface area contributed by atoms with Crippen LogP contribution in [0.3, 0.4) is 0 Å². The average Bonchev–Trinajstić information content (AvgIpc) is 2.54. The van der Waals surface area contributed by atoms with Crippen molar-refractivity contribution in [2.75, 3.05) is 20.8 Å². The third-order valence-corrected chi connectivity index (χ3v) is 4.98. The van der Waals surface area contributed by atoms with E-state index < -0.39 is 6.10 Å². The summed E-state index contributed by atoms with van der Waals surface area (Å²) in [7, 11) is 3.21. The maximum atomic E-state index is 11.0. The van der Waals surface area contributed by atoms with Crippen molar-refractivity contribution in [2.24, 2.45) is 17.1 Å². The lowest BCUT2D eigenvalue weighted by Gasteiger charge is -2.42. The molecule has 0 amide bonds. The van der Waals surface area contributed by atoms with Gasteiger partial charge in [0.25, 0.3) is 0 Å². The molecule has 118 valence electrons. The fourth-order valence-electron chi connectivity index (χ4n) is 3.38. The van der Waals surface area contributed by atoms with Gasteiger partial charge in [0.15, 0.2) is 11.5 Å². The highest BCUT2D eigenvalue weighted by atomic mass is 16.5. The van der Waals surface area contributed by atoms with Crippen LogP contribution in [-0.4, -0.2) is 25.9 Å². The molecule has 0 spiro atoms. The largest absolute Gasteiger partial charge is 0.493 e. The first kappa shape index (κ1) is 16.1. The Morgan fingerprint density at radius 2 is 1.95 bits per heavy atom. The Labute approximate surface area is 127 Å². The van der Waals surface area contributed by atoms with Crippen LogP contribution >= 0.6 is 0 Å². The highest BCUT2D eigenvalue weighted by molar-refractivity contribution is 5.48. The van der Waals surface area contributed by atoms with Crippen molar-refractivity contribution >= 4 is 0 Å². The molecule has 0 aliphatic heterocycles. The van der Waals surface area contributed by atoms with Gasteiger partial charge in [-0.1, -0.05) is 31.9 Å². The summed E-state index contributed by atoms with van der Waals surface area (Å²) in [4.78, 5) is 0. The lowest BCUT2D eigenvalue weighted by Crippen LogP contribution is -2.40. The minimum Gasteiger partial charge on any atom is -0.493 e.